The summed E-state index contributed by atoms with van der Waals surface area (Å²) in [6, 6.07) is 18.9. The fourth-order valence-electron chi connectivity index (χ4n) is 3.27. The highest BCUT2D eigenvalue weighted by Gasteiger charge is 2.20. The summed E-state index contributed by atoms with van der Waals surface area (Å²) in [4.78, 5) is 9.64. The number of ether oxygens (including phenoxy) is 1. The average Bonchev–Trinajstić information content (AvgIpc) is 3.13. The van der Waals surface area contributed by atoms with Crippen molar-refractivity contribution in [2.45, 2.75) is 26.3 Å². The molecule has 0 bridgehead atoms. The van der Waals surface area contributed by atoms with Crippen molar-refractivity contribution in [1.29, 1.82) is 0 Å². The van der Waals surface area contributed by atoms with E-state index < -0.39 is 0 Å². The molecule has 0 N–H and O–H groups in total. The summed E-state index contributed by atoms with van der Waals surface area (Å²) in [6.07, 6.45) is 2.44. The van der Waals surface area contributed by atoms with E-state index in [0.29, 0.717) is 0 Å². The van der Waals surface area contributed by atoms with Gasteiger partial charge in [0.15, 0.2) is 0 Å². The van der Waals surface area contributed by atoms with Gasteiger partial charge in [0.2, 0.25) is 0 Å². The number of hydrogen-bond acceptors (Lipinski definition) is 4. The first-order valence-corrected chi connectivity index (χ1v) is 9.51. The number of nitrogens with zero attached hydrogens (tertiary/aromatic N) is 3. The first kappa shape index (κ1) is 18.3. The zero-order chi connectivity index (χ0) is 18.2. The maximum absolute atomic E-state index is 5.31. The summed E-state index contributed by atoms with van der Waals surface area (Å²) in [6.45, 7) is 7.03. The normalized spacial score (nSPS) is 13.6. The lowest BCUT2D eigenvalue weighted by Crippen LogP contribution is -2.38. The van der Waals surface area contributed by atoms with Crippen LogP contribution in [0.5, 0.6) is 5.75 Å². The van der Waals surface area contributed by atoms with E-state index in [4.69, 9.17) is 9.73 Å². The van der Waals surface area contributed by atoms with Crippen LogP contribution in [0.25, 0.3) is 0 Å². The molecule has 0 amide bonds. The predicted octanol–water partition coefficient (Wildman–Crippen LogP) is 4.22. The number of amidine groups is 1. The zero-order valence-electron chi connectivity index (χ0n) is 15.9. The van der Waals surface area contributed by atoms with Crippen LogP contribution in [0.3, 0.4) is 0 Å². The van der Waals surface area contributed by atoms with Crippen LogP contribution < -0.4 is 9.64 Å². The minimum absolute atomic E-state index is 0.838. The van der Waals surface area contributed by atoms with Gasteiger partial charge < -0.3 is 14.5 Å². The minimum Gasteiger partial charge on any atom is -0.497 e. The Labute approximate surface area is 157 Å². The highest BCUT2D eigenvalue weighted by Crippen LogP contribution is 2.22. The molecule has 0 spiro atoms. The Morgan fingerprint density at radius 2 is 1.81 bits per heavy atom. The minimum atomic E-state index is 0.838. The second-order valence-corrected chi connectivity index (χ2v) is 6.68. The van der Waals surface area contributed by atoms with Gasteiger partial charge in [-0.25, -0.2) is 0 Å². The number of hydrogen-bond donors (Lipinski definition) is 0. The molecule has 0 saturated heterocycles. The summed E-state index contributed by atoms with van der Waals surface area (Å²) in [5.41, 5.74) is 2.50. The van der Waals surface area contributed by atoms with E-state index in [0.717, 1.165) is 38.5 Å². The van der Waals surface area contributed by atoms with E-state index in [1.54, 1.807) is 7.11 Å². The Morgan fingerprint density at radius 3 is 2.50 bits per heavy atom. The molecule has 0 atom stereocenters. The summed E-state index contributed by atoms with van der Waals surface area (Å²) in [7, 11) is 1.70. The van der Waals surface area contributed by atoms with Crippen LogP contribution in [0.15, 0.2) is 59.6 Å². The molecule has 4 nitrogen and oxygen atoms in total. The van der Waals surface area contributed by atoms with Crippen molar-refractivity contribution in [2.75, 3.05) is 38.2 Å². The van der Waals surface area contributed by atoms with Gasteiger partial charge >= 0.3 is 0 Å². The number of unbranched alkanes of at least 4 members (excludes halogenated alkanes) is 1. The predicted molar refractivity (Wildman–Crippen MR) is 109 cm³/mol. The molecule has 2 aromatic carbocycles. The molecule has 3 rings (SSSR count). The maximum atomic E-state index is 5.31. The van der Waals surface area contributed by atoms with E-state index in [-0.39, 0.29) is 0 Å². The molecule has 1 aliphatic rings. The summed E-state index contributed by atoms with van der Waals surface area (Å²) < 4.78 is 5.31. The molecule has 0 fully saturated rings. The molecule has 4 heteroatoms. The van der Waals surface area contributed by atoms with Gasteiger partial charge in [0, 0.05) is 25.3 Å². The van der Waals surface area contributed by atoms with Crippen LogP contribution in [-0.2, 0) is 6.54 Å². The summed E-state index contributed by atoms with van der Waals surface area (Å²) in [5.74, 6) is 2.10. The van der Waals surface area contributed by atoms with E-state index in [1.807, 2.05) is 12.1 Å². The molecule has 0 radical (unpaired) electrons. The highest BCUT2D eigenvalue weighted by molar-refractivity contribution is 5.88. The van der Waals surface area contributed by atoms with Gasteiger partial charge in [-0.3, -0.25) is 4.99 Å². The van der Waals surface area contributed by atoms with Crippen molar-refractivity contribution in [3.8, 4) is 5.75 Å². The molecule has 26 heavy (non-hydrogen) atoms. The molecule has 2 aromatic rings. The van der Waals surface area contributed by atoms with Gasteiger partial charge in [-0.1, -0.05) is 43.7 Å². The fraction of sp³-hybridized carbons (Fsp3) is 0.409. The lowest BCUT2D eigenvalue weighted by atomic mass is 10.2. The number of benzene rings is 2. The number of methoxy groups -OCH3 is 1. The lowest BCUT2D eigenvalue weighted by molar-refractivity contribution is 0.415. The van der Waals surface area contributed by atoms with E-state index in [2.05, 4.69) is 59.2 Å². The van der Waals surface area contributed by atoms with Crippen LogP contribution in [0, 0.1) is 0 Å². The van der Waals surface area contributed by atoms with Gasteiger partial charge in [0.05, 0.1) is 20.2 Å². The van der Waals surface area contributed by atoms with Crippen molar-refractivity contribution < 1.29 is 4.74 Å². The van der Waals surface area contributed by atoms with Crippen LogP contribution in [0.4, 0.5) is 5.69 Å². The van der Waals surface area contributed by atoms with Crippen molar-refractivity contribution in [3.05, 3.63) is 60.2 Å². The average molecular weight is 351 g/mol. The molecule has 1 heterocycles. The van der Waals surface area contributed by atoms with E-state index >= 15 is 0 Å². The monoisotopic (exact) mass is 351 g/mol. The van der Waals surface area contributed by atoms with Crippen molar-refractivity contribution in [2.24, 2.45) is 4.99 Å². The van der Waals surface area contributed by atoms with Crippen LogP contribution >= 0.6 is 0 Å². The third-order valence-corrected chi connectivity index (χ3v) is 4.80. The third kappa shape index (κ3) is 4.78. The van der Waals surface area contributed by atoms with Crippen LogP contribution in [0.2, 0.25) is 0 Å². The van der Waals surface area contributed by atoms with Gasteiger partial charge in [-0.05, 0) is 36.2 Å². The van der Waals surface area contributed by atoms with Crippen LogP contribution in [0.1, 0.15) is 25.3 Å². The lowest BCUT2D eigenvalue weighted by Gasteiger charge is -2.29. The Hall–Kier alpha value is -2.49. The molecule has 0 unspecified atom stereocenters. The van der Waals surface area contributed by atoms with Gasteiger partial charge in [-0.15, -0.1) is 0 Å². The van der Waals surface area contributed by atoms with Crippen LogP contribution in [-0.4, -0.2) is 44.0 Å². The Bertz CT molecular complexity index is 697. The highest BCUT2D eigenvalue weighted by atomic mass is 16.5. The molecule has 0 saturated carbocycles. The van der Waals surface area contributed by atoms with Crippen molar-refractivity contribution in [1.82, 2.24) is 4.90 Å². The van der Waals surface area contributed by atoms with Gasteiger partial charge in [-0.2, -0.15) is 0 Å². The Morgan fingerprint density at radius 1 is 1.04 bits per heavy atom. The van der Waals surface area contributed by atoms with E-state index in [9.17, 15) is 0 Å². The SMILES string of the molecule is CCCCN1CCN=C1CN(Cc1ccccc1)c1ccc(OC)cc1. The standard InChI is InChI=1S/C22H29N3O/c1-3-4-15-24-16-14-23-22(24)18-25(17-19-8-6-5-7-9-19)20-10-12-21(26-2)13-11-20/h5-13H,3-4,14-18H2,1-2H3. The Kier molecular flexibility index (Phi) is 6.53. The molecule has 1 aliphatic heterocycles. The third-order valence-electron chi connectivity index (χ3n) is 4.80. The van der Waals surface area contributed by atoms with Gasteiger partial charge in [0.25, 0.3) is 0 Å². The topological polar surface area (TPSA) is 28.1 Å². The molecular formula is C22H29N3O. The van der Waals surface area contributed by atoms with Crippen molar-refractivity contribution in [3.63, 3.8) is 0 Å². The molecule has 138 valence electrons. The number of aliphatic imine (C=N–C) groups is 1. The van der Waals surface area contributed by atoms with E-state index in [1.165, 1.54) is 29.9 Å². The second kappa shape index (κ2) is 9.27. The first-order valence-electron chi connectivity index (χ1n) is 9.51. The Balaban J connectivity index is 1.78. The maximum Gasteiger partial charge on any atom is 0.119 e. The van der Waals surface area contributed by atoms with Crippen molar-refractivity contribution >= 4 is 11.5 Å². The summed E-state index contributed by atoms with van der Waals surface area (Å²) in [5, 5.41) is 0. The largest absolute Gasteiger partial charge is 0.497 e. The molecule has 0 aliphatic carbocycles. The number of anilines is 1. The fourth-order valence-corrected chi connectivity index (χ4v) is 3.27. The molecular weight excluding hydrogens is 322 g/mol. The summed E-state index contributed by atoms with van der Waals surface area (Å²) >= 11 is 0. The van der Waals surface area contributed by atoms with Gasteiger partial charge in [0.1, 0.15) is 11.6 Å². The first-order chi connectivity index (χ1) is 12.8. The molecule has 0 aromatic heterocycles. The zero-order valence-corrected chi connectivity index (χ0v) is 15.9. The second-order valence-electron chi connectivity index (χ2n) is 6.68. The number of rotatable bonds is 9. The quantitative estimate of drug-likeness (QED) is 0.677. The smallest absolute Gasteiger partial charge is 0.119 e.